The third kappa shape index (κ3) is 3.50. The highest BCUT2D eigenvalue weighted by molar-refractivity contribution is 5.83. The first-order valence-electron chi connectivity index (χ1n) is 9.99. The Morgan fingerprint density at radius 3 is 2.77 bits per heavy atom. The Morgan fingerprint density at radius 1 is 1.30 bits per heavy atom. The summed E-state index contributed by atoms with van der Waals surface area (Å²) < 4.78 is 37.9. The van der Waals surface area contributed by atoms with Gasteiger partial charge in [0.2, 0.25) is 11.7 Å². The number of hydrogen-bond donors (Lipinski definition) is 0. The largest absolute Gasteiger partial charge is 0.443 e. The van der Waals surface area contributed by atoms with E-state index in [2.05, 4.69) is 15.2 Å². The van der Waals surface area contributed by atoms with Crippen molar-refractivity contribution < 1.29 is 22.8 Å². The molecule has 3 aromatic rings. The van der Waals surface area contributed by atoms with Gasteiger partial charge in [0.15, 0.2) is 0 Å². The summed E-state index contributed by atoms with van der Waals surface area (Å²) in [7, 11) is 0. The van der Waals surface area contributed by atoms with Gasteiger partial charge in [0, 0.05) is 30.0 Å². The van der Waals surface area contributed by atoms with E-state index in [-0.39, 0.29) is 17.6 Å². The van der Waals surface area contributed by atoms with E-state index >= 15 is 0 Å². The molecule has 10 heteroatoms. The summed E-state index contributed by atoms with van der Waals surface area (Å²) in [6.45, 7) is 0.356. The molecule has 0 unspecified atom stereocenters. The summed E-state index contributed by atoms with van der Waals surface area (Å²) in [6, 6.07) is 5.04. The second-order valence-electron chi connectivity index (χ2n) is 8.18. The minimum Gasteiger partial charge on any atom is -0.443 e. The fourth-order valence-electron chi connectivity index (χ4n) is 3.71. The molecule has 2 aliphatic rings. The average molecular weight is 417 g/mol. The van der Waals surface area contributed by atoms with E-state index in [1.807, 2.05) is 6.92 Å². The van der Waals surface area contributed by atoms with Crippen LogP contribution in [0.4, 0.5) is 13.6 Å². The average Bonchev–Trinajstić information content (AvgIpc) is 3.14. The molecule has 1 aliphatic carbocycles. The van der Waals surface area contributed by atoms with Crippen LogP contribution in [0.15, 0.2) is 28.9 Å². The Morgan fingerprint density at radius 2 is 2.07 bits per heavy atom. The van der Waals surface area contributed by atoms with Crippen LogP contribution in [0.1, 0.15) is 51.0 Å². The van der Waals surface area contributed by atoms with Crippen LogP contribution < -0.4 is 0 Å². The van der Waals surface area contributed by atoms with E-state index in [1.165, 1.54) is 6.20 Å². The van der Waals surface area contributed by atoms with E-state index in [1.54, 1.807) is 23.1 Å². The summed E-state index contributed by atoms with van der Waals surface area (Å²) >= 11 is 0. The number of alkyl halides is 2. The van der Waals surface area contributed by atoms with Gasteiger partial charge in [-0.25, -0.2) is 9.48 Å². The molecular formula is C20H21F2N5O3. The highest BCUT2D eigenvalue weighted by Crippen LogP contribution is 2.39. The molecule has 1 aliphatic heterocycles. The van der Waals surface area contributed by atoms with Gasteiger partial charge in [-0.2, -0.15) is 18.9 Å². The Hall–Kier alpha value is -3.04. The van der Waals surface area contributed by atoms with Crippen LogP contribution in [0.5, 0.6) is 0 Å². The van der Waals surface area contributed by atoms with Crippen molar-refractivity contribution in [3.63, 3.8) is 0 Å². The van der Waals surface area contributed by atoms with Crippen LogP contribution in [-0.4, -0.2) is 49.6 Å². The fraction of sp³-hybridized carbons (Fsp3) is 0.500. The molecule has 0 atom stereocenters. The molecule has 8 nitrogen and oxygen atoms in total. The van der Waals surface area contributed by atoms with Gasteiger partial charge in [0.1, 0.15) is 5.60 Å². The lowest BCUT2D eigenvalue weighted by Gasteiger charge is -2.30. The van der Waals surface area contributed by atoms with Crippen molar-refractivity contribution in [2.45, 2.75) is 50.7 Å². The quantitative estimate of drug-likeness (QED) is 0.627. The lowest BCUT2D eigenvalue weighted by molar-refractivity contribution is 0.0509. The maximum atomic E-state index is 13.1. The highest BCUT2D eigenvalue weighted by atomic mass is 19.3. The van der Waals surface area contributed by atoms with Crippen molar-refractivity contribution in [3.8, 4) is 11.4 Å². The summed E-state index contributed by atoms with van der Waals surface area (Å²) in [4.78, 5) is 18.4. The molecule has 3 heterocycles. The van der Waals surface area contributed by atoms with E-state index in [0.717, 1.165) is 12.8 Å². The van der Waals surface area contributed by atoms with Gasteiger partial charge >= 0.3 is 12.6 Å². The number of hydrogen-bond acceptors (Lipinski definition) is 6. The van der Waals surface area contributed by atoms with E-state index in [0.29, 0.717) is 58.8 Å². The van der Waals surface area contributed by atoms with Gasteiger partial charge < -0.3 is 14.2 Å². The first-order chi connectivity index (χ1) is 14.4. The standard InChI is InChI=1S/C20H21F2N5O3/c1-20(6-7-20)29-19(28)26-8-4-12(5-9-26)17-24-16(25-30-17)13-2-3-14-11-23-27(18(21)22)15(14)10-13/h2-3,10-12,18H,4-9H2,1H3. The Labute approximate surface area is 170 Å². The summed E-state index contributed by atoms with van der Waals surface area (Å²) in [6.07, 6.45) is 4.38. The topological polar surface area (TPSA) is 86.3 Å². The van der Waals surface area contributed by atoms with Gasteiger partial charge in [0.05, 0.1) is 11.7 Å². The number of amides is 1. The van der Waals surface area contributed by atoms with Crippen LogP contribution in [0.3, 0.4) is 0 Å². The predicted octanol–water partition coefficient (Wildman–Crippen LogP) is 4.35. The van der Waals surface area contributed by atoms with Gasteiger partial charge in [0.25, 0.3) is 0 Å². The molecule has 158 valence electrons. The Balaban J connectivity index is 1.27. The lowest BCUT2D eigenvalue weighted by Crippen LogP contribution is -2.39. The van der Waals surface area contributed by atoms with E-state index in [9.17, 15) is 13.6 Å². The van der Waals surface area contributed by atoms with E-state index < -0.39 is 6.55 Å². The highest BCUT2D eigenvalue weighted by Gasteiger charge is 2.43. The van der Waals surface area contributed by atoms with Gasteiger partial charge in [-0.15, -0.1) is 0 Å². The van der Waals surface area contributed by atoms with Gasteiger partial charge in [-0.05, 0) is 38.7 Å². The van der Waals surface area contributed by atoms with Crippen LogP contribution in [0.2, 0.25) is 0 Å². The summed E-state index contributed by atoms with van der Waals surface area (Å²) in [5.41, 5.74) is 0.611. The molecule has 1 saturated carbocycles. The predicted molar refractivity (Wildman–Crippen MR) is 102 cm³/mol. The minimum absolute atomic E-state index is 0.0436. The maximum absolute atomic E-state index is 13.1. The van der Waals surface area contributed by atoms with E-state index in [4.69, 9.17) is 9.26 Å². The molecule has 2 aromatic heterocycles. The van der Waals surface area contributed by atoms with Crippen molar-refractivity contribution in [1.82, 2.24) is 24.8 Å². The molecule has 5 rings (SSSR count). The number of nitrogens with zero attached hydrogens (tertiary/aromatic N) is 5. The second-order valence-corrected chi connectivity index (χ2v) is 8.18. The number of carbonyl (C=O) groups excluding carboxylic acids is 1. The lowest BCUT2D eigenvalue weighted by atomic mass is 9.97. The first kappa shape index (κ1) is 19.0. The van der Waals surface area contributed by atoms with Crippen molar-refractivity contribution in [1.29, 1.82) is 0 Å². The van der Waals surface area contributed by atoms with Gasteiger partial charge in [-0.3, -0.25) is 0 Å². The number of carbonyl (C=O) groups is 1. The number of rotatable bonds is 4. The molecule has 2 fully saturated rings. The number of likely N-dealkylation sites (tertiary alicyclic amines) is 1. The third-order valence-corrected chi connectivity index (χ3v) is 5.87. The SMILES string of the molecule is CC1(OC(=O)N2CCC(c3nc(-c4ccc5cnn(C(F)F)c5c4)no3)CC2)CC1. The maximum Gasteiger partial charge on any atom is 0.410 e. The molecule has 0 radical (unpaired) electrons. The molecule has 0 spiro atoms. The van der Waals surface area contributed by atoms with Crippen LogP contribution in [-0.2, 0) is 4.74 Å². The molecule has 1 aromatic carbocycles. The Kier molecular flexibility index (Phi) is 4.44. The number of ether oxygens (including phenoxy) is 1. The molecule has 0 bridgehead atoms. The zero-order valence-corrected chi connectivity index (χ0v) is 16.4. The Bertz CT molecular complexity index is 1080. The number of fused-ring (bicyclic) bond motifs is 1. The molecule has 1 amide bonds. The van der Waals surface area contributed by atoms with Crippen molar-refractivity contribution in [2.75, 3.05) is 13.1 Å². The molecular weight excluding hydrogens is 396 g/mol. The second kappa shape index (κ2) is 7.03. The molecule has 30 heavy (non-hydrogen) atoms. The summed E-state index contributed by atoms with van der Waals surface area (Å²) in [5, 5.41) is 8.36. The molecule has 0 N–H and O–H groups in total. The minimum atomic E-state index is -2.72. The number of aromatic nitrogens is 4. The van der Waals surface area contributed by atoms with Crippen LogP contribution in [0.25, 0.3) is 22.3 Å². The number of benzene rings is 1. The molecule has 1 saturated heterocycles. The normalized spacial score (nSPS) is 18.9. The van der Waals surface area contributed by atoms with Gasteiger partial charge in [-0.1, -0.05) is 17.3 Å². The zero-order valence-electron chi connectivity index (χ0n) is 16.4. The zero-order chi connectivity index (χ0) is 20.9. The number of halogens is 2. The first-order valence-corrected chi connectivity index (χ1v) is 9.99. The monoisotopic (exact) mass is 417 g/mol. The smallest absolute Gasteiger partial charge is 0.410 e. The fourth-order valence-corrected chi connectivity index (χ4v) is 3.71. The van der Waals surface area contributed by atoms with Crippen LogP contribution >= 0.6 is 0 Å². The third-order valence-electron chi connectivity index (χ3n) is 5.87. The van der Waals surface area contributed by atoms with Crippen molar-refractivity contribution >= 4 is 17.0 Å². The van der Waals surface area contributed by atoms with Crippen LogP contribution in [0, 0.1) is 0 Å². The van der Waals surface area contributed by atoms with Crippen molar-refractivity contribution in [3.05, 3.63) is 30.3 Å². The summed E-state index contributed by atoms with van der Waals surface area (Å²) in [5.74, 6) is 0.884. The van der Waals surface area contributed by atoms with Crippen molar-refractivity contribution in [2.24, 2.45) is 0 Å². The number of piperidine rings is 1.